The number of nitrogens with one attached hydrogen (secondary N) is 3. The van der Waals surface area contributed by atoms with Gasteiger partial charge in [0.2, 0.25) is 5.95 Å². The van der Waals surface area contributed by atoms with Gasteiger partial charge in [-0.05, 0) is 93.0 Å². The molecule has 1 spiro atoms. The van der Waals surface area contributed by atoms with Crippen LogP contribution in [0.2, 0.25) is 0 Å². The number of piperidine rings is 2. The summed E-state index contributed by atoms with van der Waals surface area (Å²) in [4.78, 5) is 26.6. The molecular formula is C28H35N7OS. The van der Waals surface area contributed by atoms with Gasteiger partial charge >= 0.3 is 0 Å². The number of amides is 1. The molecule has 2 aromatic heterocycles. The zero-order valence-corrected chi connectivity index (χ0v) is 22.2. The molecule has 8 nitrogen and oxygen atoms in total. The lowest BCUT2D eigenvalue weighted by Gasteiger charge is -2.46. The fourth-order valence-electron chi connectivity index (χ4n) is 5.15. The van der Waals surface area contributed by atoms with E-state index in [-0.39, 0.29) is 5.91 Å². The average molecular weight is 518 g/mol. The highest BCUT2D eigenvalue weighted by atomic mass is 32.1. The van der Waals surface area contributed by atoms with Gasteiger partial charge in [0.25, 0.3) is 5.91 Å². The molecule has 5 rings (SSSR count). The number of thiophene rings is 1. The monoisotopic (exact) mass is 517 g/mol. The lowest BCUT2D eigenvalue weighted by molar-refractivity contribution is 0.0944. The van der Waals surface area contributed by atoms with Crippen LogP contribution in [0, 0.1) is 5.41 Å². The van der Waals surface area contributed by atoms with Crippen molar-refractivity contribution in [2.75, 3.05) is 55.3 Å². The maximum Gasteiger partial charge on any atom is 0.256 e. The molecule has 2 saturated heterocycles. The number of anilines is 5. The Bertz CT molecular complexity index is 1190. The van der Waals surface area contributed by atoms with Crippen LogP contribution < -0.4 is 20.9 Å². The van der Waals surface area contributed by atoms with Crippen LogP contribution in [-0.2, 0) is 0 Å². The van der Waals surface area contributed by atoms with Crippen molar-refractivity contribution in [1.82, 2.24) is 20.2 Å². The van der Waals surface area contributed by atoms with E-state index in [1.807, 2.05) is 17.5 Å². The smallest absolute Gasteiger partial charge is 0.256 e. The highest BCUT2D eigenvalue weighted by Gasteiger charge is 2.36. The summed E-state index contributed by atoms with van der Waals surface area (Å²) in [7, 11) is 2.24. The van der Waals surface area contributed by atoms with Crippen molar-refractivity contribution in [3.05, 3.63) is 66.2 Å². The Morgan fingerprint density at radius 1 is 1.08 bits per heavy atom. The van der Waals surface area contributed by atoms with Crippen LogP contribution in [0.4, 0.5) is 28.1 Å². The van der Waals surface area contributed by atoms with Crippen LogP contribution in [0.15, 0.2) is 60.6 Å². The molecule has 1 aromatic carbocycles. The van der Waals surface area contributed by atoms with Gasteiger partial charge in [-0.15, -0.1) is 17.9 Å². The number of carbonyl (C=O) groups excluding carboxylic acids is 1. The van der Waals surface area contributed by atoms with Crippen LogP contribution in [0.1, 0.15) is 36.0 Å². The molecule has 1 amide bonds. The van der Waals surface area contributed by atoms with Crippen molar-refractivity contribution < 1.29 is 4.79 Å². The van der Waals surface area contributed by atoms with E-state index in [0.717, 1.165) is 23.8 Å². The van der Waals surface area contributed by atoms with Gasteiger partial charge in [-0.25, -0.2) is 4.98 Å². The number of aromatic nitrogens is 2. The lowest BCUT2D eigenvalue weighted by atomic mass is 9.71. The molecule has 0 radical (unpaired) electrons. The molecule has 2 aliphatic rings. The quantitative estimate of drug-likeness (QED) is 0.352. The molecule has 0 aliphatic carbocycles. The van der Waals surface area contributed by atoms with Crippen LogP contribution in [0.3, 0.4) is 0 Å². The van der Waals surface area contributed by atoms with Crippen molar-refractivity contribution in [1.29, 1.82) is 0 Å². The van der Waals surface area contributed by atoms with Gasteiger partial charge in [-0.1, -0.05) is 6.08 Å². The van der Waals surface area contributed by atoms with Crippen LogP contribution in [0.25, 0.3) is 0 Å². The van der Waals surface area contributed by atoms with E-state index < -0.39 is 0 Å². The van der Waals surface area contributed by atoms with E-state index in [0.29, 0.717) is 29.3 Å². The van der Waals surface area contributed by atoms with Crippen molar-refractivity contribution >= 4 is 45.4 Å². The van der Waals surface area contributed by atoms with E-state index in [1.165, 1.54) is 44.5 Å². The third-order valence-corrected chi connectivity index (χ3v) is 8.35. The number of carbonyl (C=O) groups is 1. The lowest BCUT2D eigenvalue weighted by Crippen LogP contribution is -2.46. The maximum absolute atomic E-state index is 12.6. The molecule has 9 heteroatoms. The van der Waals surface area contributed by atoms with Crippen LogP contribution in [0.5, 0.6) is 0 Å². The minimum atomic E-state index is -0.251. The van der Waals surface area contributed by atoms with Gasteiger partial charge < -0.3 is 25.8 Å². The van der Waals surface area contributed by atoms with Gasteiger partial charge in [0.15, 0.2) is 0 Å². The number of rotatable bonds is 8. The Hall–Kier alpha value is -3.43. The van der Waals surface area contributed by atoms with Crippen molar-refractivity contribution in [3.63, 3.8) is 0 Å². The van der Waals surface area contributed by atoms with Gasteiger partial charge in [0, 0.05) is 37.2 Å². The summed E-state index contributed by atoms with van der Waals surface area (Å²) < 4.78 is 0. The van der Waals surface area contributed by atoms with E-state index in [1.54, 1.807) is 23.6 Å². The zero-order chi connectivity index (χ0) is 25.7. The molecule has 0 bridgehead atoms. The van der Waals surface area contributed by atoms with Crippen LogP contribution in [-0.4, -0.2) is 60.5 Å². The maximum atomic E-state index is 12.6. The molecular weight excluding hydrogens is 482 g/mol. The molecule has 0 atom stereocenters. The SMILES string of the molecule is C=CCNC(=O)c1cnc(Nc2ccc(N3CCC4(CCN(C)CC4)CC3)cc2)nc1Nc1cccs1. The zero-order valence-electron chi connectivity index (χ0n) is 21.4. The minimum absolute atomic E-state index is 0.251. The average Bonchev–Trinajstić information content (AvgIpc) is 3.43. The third-order valence-electron chi connectivity index (χ3n) is 7.56. The van der Waals surface area contributed by atoms with Crippen molar-refractivity contribution in [2.24, 2.45) is 5.41 Å². The molecule has 0 saturated carbocycles. The summed E-state index contributed by atoms with van der Waals surface area (Å²) in [6.07, 6.45) is 8.41. The van der Waals surface area contributed by atoms with Gasteiger partial charge in [-0.2, -0.15) is 4.98 Å². The molecule has 2 fully saturated rings. The number of likely N-dealkylation sites (tertiary alicyclic amines) is 1. The van der Waals surface area contributed by atoms with Gasteiger partial charge in [-0.3, -0.25) is 4.79 Å². The second kappa shape index (κ2) is 11.3. The predicted molar refractivity (Wildman–Crippen MR) is 152 cm³/mol. The number of benzene rings is 1. The van der Waals surface area contributed by atoms with Crippen molar-refractivity contribution in [2.45, 2.75) is 25.7 Å². The number of nitrogens with zero attached hydrogens (tertiary/aromatic N) is 4. The predicted octanol–water partition coefficient (Wildman–Crippen LogP) is 5.25. The summed E-state index contributed by atoms with van der Waals surface area (Å²) in [6.45, 7) is 8.72. The first kappa shape index (κ1) is 25.2. The first-order chi connectivity index (χ1) is 18.0. The number of hydrogen-bond donors (Lipinski definition) is 3. The fraction of sp³-hybridized carbons (Fsp3) is 0.393. The highest BCUT2D eigenvalue weighted by Crippen LogP contribution is 2.42. The largest absolute Gasteiger partial charge is 0.371 e. The second-order valence-electron chi connectivity index (χ2n) is 10.0. The Morgan fingerprint density at radius 3 is 2.49 bits per heavy atom. The Balaban J connectivity index is 1.25. The third kappa shape index (κ3) is 6.11. The first-order valence-corrected chi connectivity index (χ1v) is 13.8. The summed E-state index contributed by atoms with van der Waals surface area (Å²) in [5.41, 5.74) is 3.08. The van der Waals surface area contributed by atoms with Gasteiger partial charge in [0.05, 0.1) is 5.00 Å². The molecule has 2 aliphatic heterocycles. The number of hydrogen-bond acceptors (Lipinski definition) is 8. The molecule has 3 aromatic rings. The first-order valence-electron chi connectivity index (χ1n) is 12.9. The molecule has 37 heavy (non-hydrogen) atoms. The highest BCUT2D eigenvalue weighted by molar-refractivity contribution is 7.14. The normalized spacial score (nSPS) is 17.4. The molecule has 194 valence electrons. The summed E-state index contributed by atoms with van der Waals surface area (Å²) in [6, 6.07) is 12.3. The Labute approximate surface area is 222 Å². The van der Waals surface area contributed by atoms with Crippen LogP contribution >= 0.6 is 11.3 Å². The topological polar surface area (TPSA) is 85.4 Å². The molecule has 3 N–H and O–H groups in total. The Kier molecular flexibility index (Phi) is 7.71. The van der Waals surface area contributed by atoms with Gasteiger partial charge in [0.1, 0.15) is 11.4 Å². The molecule has 0 unspecified atom stereocenters. The fourth-order valence-corrected chi connectivity index (χ4v) is 5.76. The Morgan fingerprint density at radius 2 is 1.81 bits per heavy atom. The summed E-state index contributed by atoms with van der Waals surface area (Å²) in [5, 5.41) is 12.2. The van der Waals surface area contributed by atoms with E-state index >= 15 is 0 Å². The molecule has 4 heterocycles. The minimum Gasteiger partial charge on any atom is -0.371 e. The second-order valence-corrected chi connectivity index (χ2v) is 11.0. The van der Waals surface area contributed by atoms with E-state index in [4.69, 9.17) is 0 Å². The summed E-state index contributed by atoms with van der Waals surface area (Å²) in [5.74, 6) is 0.627. The standard InChI is InChI=1S/C28H35N7OS/c1-3-14-29-26(36)23-20-30-27(33-25(23)32-24-5-4-19-37-24)31-21-6-8-22(9-7-21)35-17-12-28(13-18-35)10-15-34(2)16-11-28/h3-9,19-20H,1,10-18H2,2H3,(H,29,36)(H2,30,31,32,33). The van der Waals surface area contributed by atoms with Crippen molar-refractivity contribution in [3.8, 4) is 0 Å². The van der Waals surface area contributed by atoms with E-state index in [9.17, 15) is 4.79 Å². The summed E-state index contributed by atoms with van der Waals surface area (Å²) >= 11 is 1.54. The van der Waals surface area contributed by atoms with E-state index in [2.05, 4.69) is 73.6 Å².